The molecule has 0 bridgehead atoms. The number of rotatable bonds is 5. The molecule has 0 radical (unpaired) electrons. The van der Waals surface area contributed by atoms with Gasteiger partial charge in [0.1, 0.15) is 0 Å². The molecule has 0 aromatic heterocycles. The van der Waals surface area contributed by atoms with Crippen LogP contribution in [-0.4, -0.2) is 13.2 Å². The van der Waals surface area contributed by atoms with Gasteiger partial charge in [-0.1, -0.05) is 11.6 Å². The monoisotopic (exact) mass is 282 g/mol. The molecule has 1 aromatic carbocycles. The summed E-state index contributed by atoms with van der Waals surface area (Å²) in [6.45, 7) is 2.59. The lowest BCUT2D eigenvalue weighted by Gasteiger charge is -2.14. The molecule has 3 nitrogen and oxygen atoms in total. The summed E-state index contributed by atoms with van der Waals surface area (Å²) >= 11 is 5.91. The van der Waals surface area contributed by atoms with Crippen molar-refractivity contribution in [2.75, 3.05) is 13.2 Å². The molecule has 0 unspecified atom stereocenters. The summed E-state index contributed by atoms with van der Waals surface area (Å²) in [6, 6.07) is 2.67. The van der Waals surface area contributed by atoms with Gasteiger partial charge in [0.15, 0.2) is 11.6 Å². The Kier molecular flexibility index (Phi) is 7.46. The Morgan fingerprint density at radius 1 is 1.47 bits per heavy atom. The van der Waals surface area contributed by atoms with Crippen molar-refractivity contribution in [1.29, 1.82) is 0 Å². The Hall–Kier alpha value is -0.550. The average molecular weight is 283 g/mol. The van der Waals surface area contributed by atoms with Gasteiger partial charge in [-0.15, -0.1) is 12.4 Å². The largest absolute Gasteiger partial charge is 0.489 e. The maximum Gasteiger partial charge on any atom is 0.173 e. The minimum Gasteiger partial charge on any atom is -0.489 e. The van der Waals surface area contributed by atoms with Crippen molar-refractivity contribution >= 4 is 24.0 Å². The topological polar surface area (TPSA) is 61.3 Å². The molecule has 1 atom stereocenters. The molecule has 4 N–H and O–H groups in total. The third-order valence-corrected chi connectivity index (χ3v) is 2.50. The molecule has 0 aliphatic heterocycles. The first kappa shape index (κ1) is 16.4. The van der Waals surface area contributed by atoms with Crippen molar-refractivity contribution < 1.29 is 9.13 Å². The van der Waals surface area contributed by atoms with Gasteiger partial charge in [0, 0.05) is 6.04 Å². The zero-order valence-electron chi connectivity index (χ0n) is 9.58. The maximum absolute atomic E-state index is 13.6. The molecule has 1 aromatic rings. The summed E-state index contributed by atoms with van der Waals surface area (Å²) in [5.74, 6) is -0.412. The fourth-order valence-electron chi connectivity index (χ4n) is 1.42. The van der Waals surface area contributed by atoms with Crippen molar-refractivity contribution in [3.8, 4) is 5.75 Å². The highest BCUT2D eigenvalue weighted by atomic mass is 35.5. The van der Waals surface area contributed by atoms with Gasteiger partial charge in [0.05, 0.1) is 11.6 Å². The van der Waals surface area contributed by atoms with E-state index in [-0.39, 0.29) is 29.2 Å². The number of hydrogen-bond acceptors (Lipinski definition) is 3. The molecular weight excluding hydrogens is 266 g/mol. The number of ether oxygens (including phenoxy) is 1. The SMILES string of the molecule is CCOc1c(F)cc([C@@H](N)CCN)cc1Cl.Cl. The summed E-state index contributed by atoms with van der Waals surface area (Å²) in [5, 5.41) is 0.240. The zero-order valence-corrected chi connectivity index (χ0v) is 11.2. The second-order valence-corrected chi connectivity index (χ2v) is 3.84. The van der Waals surface area contributed by atoms with Gasteiger partial charge in [-0.25, -0.2) is 4.39 Å². The predicted octanol–water partition coefficient (Wildman–Crippen LogP) is 2.65. The van der Waals surface area contributed by atoms with Crippen LogP contribution in [0.1, 0.15) is 24.9 Å². The number of halogens is 3. The molecule has 0 aliphatic carbocycles. The van der Waals surface area contributed by atoms with E-state index >= 15 is 0 Å². The molecule has 0 amide bonds. The highest BCUT2D eigenvalue weighted by molar-refractivity contribution is 6.32. The van der Waals surface area contributed by atoms with E-state index in [4.69, 9.17) is 27.8 Å². The second kappa shape index (κ2) is 7.71. The molecule has 17 heavy (non-hydrogen) atoms. The molecule has 1 rings (SSSR count). The van der Waals surface area contributed by atoms with Crippen molar-refractivity contribution in [2.24, 2.45) is 11.5 Å². The van der Waals surface area contributed by atoms with Crippen LogP contribution in [0, 0.1) is 5.82 Å². The summed E-state index contributed by atoms with van der Waals surface area (Å²) in [6.07, 6.45) is 0.587. The van der Waals surface area contributed by atoms with Crippen LogP contribution in [0.2, 0.25) is 5.02 Å². The Morgan fingerprint density at radius 2 is 2.12 bits per heavy atom. The quantitative estimate of drug-likeness (QED) is 0.873. The predicted molar refractivity (Wildman–Crippen MR) is 70.4 cm³/mol. The number of benzene rings is 1. The number of nitrogens with two attached hydrogens (primary N) is 2. The summed E-state index contributed by atoms with van der Waals surface area (Å²) in [5.41, 5.74) is 11.8. The molecule has 0 saturated heterocycles. The van der Waals surface area contributed by atoms with Crippen molar-refractivity contribution in [3.05, 3.63) is 28.5 Å². The van der Waals surface area contributed by atoms with E-state index < -0.39 is 5.82 Å². The fourth-order valence-corrected chi connectivity index (χ4v) is 1.69. The summed E-state index contributed by atoms with van der Waals surface area (Å²) in [7, 11) is 0. The van der Waals surface area contributed by atoms with E-state index in [1.54, 1.807) is 13.0 Å². The van der Waals surface area contributed by atoms with Crippen LogP contribution in [0.15, 0.2) is 12.1 Å². The average Bonchev–Trinajstić information content (AvgIpc) is 2.23. The molecule has 0 spiro atoms. The van der Waals surface area contributed by atoms with Crippen LogP contribution in [0.4, 0.5) is 4.39 Å². The standard InChI is InChI=1S/C11H16ClFN2O.ClH/c1-2-16-11-8(12)5-7(6-9(11)13)10(15)3-4-14;/h5-6,10H,2-4,14-15H2,1H3;1H/t10-;/m0./s1. The van der Waals surface area contributed by atoms with Gasteiger partial charge < -0.3 is 16.2 Å². The molecule has 0 heterocycles. The van der Waals surface area contributed by atoms with Gasteiger partial charge in [-0.3, -0.25) is 0 Å². The zero-order chi connectivity index (χ0) is 12.1. The summed E-state index contributed by atoms with van der Waals surface area (Å²) < 4.78 is 18.7. The van der Waals surface area contributed by atoms with E-state index in [0.29, 0.717) is 25.1 Å². The lowest BCUT2D eigenvalue weighted by Crippen LogP contribution is -2.15. The van der Waals surface area contributed by atoms with Gasteiger partial charge in [-0.05, 0) is 37.6 Å². The van der Waals surface area contributed by atoms with Crippen LogP contribution >= 0.6 is 24.0 Å². The molecule has 0 saturated carbocycles. The third-order valence-electron chi connectivity index (χ3n) is 2.22. The molecule has 6 heteroatoms. The summed E-state index contributed by atoms with van der Waals surface area (Å²) in [4.78, 5) is 0. The Balaban J connectivity index is 0.00000256. The highest BCUT2D eigenvalue weighted by Crippen LogP contribution is 2.31. The van der Waals surface area contributed by atoms with E-state index in [1.807, 2.05) is 0 Å². The first-order chi connectivity index (χ1) is 7.60. The minimum absolute atomic E-state index is 0. The first-order valence-electron chi connectivity index (χ1n) is 5.17. The van der Waals surface area contributed by atoms with Gasteiger partial charge in [0.25, 0.3) is 0 Å². The first-order valence-corrected chi connectivity index (χ1v) is 5.55. The fraction of sp³-hybridized carbons (Fsp3) is 0.455. The van der Waals surface area contributed by atoms with Crippen LogP contribution in [0.25, 0.3) is 0 Å². The number of hydrogen-bond donors (Lipinski definition) is 2. The Morgan fingerprint density at radius 3 is 2.59 bits per heavy atom. The van der Waals surface area contributed by atoms with E-state index in [2.05, 4.69) is 0 Å². The lowest BCUT2D eigenvalue weighted by molar-refractivity contribution is 0.321. The van der Waals surface area contributed by atoms with Gasteiger partial charge >= 0.3 is 0 Å². The van der Waals surface area contributed by atoms with E-state index in [0.717, 1.165) is 0 Å². The highest BCUT2D eigenvalue weighted by Gasteiger charge is 2.14. The lowest BCUT2D eigenvalue weighted by atomic mass is 10.0. The van der Waals surface area contributed by atoms with Gasteiger partial charge in [-0.2, -0.15) is 0 Å². The third kappa shape index (κ3) is 4.32. The van der Waals surface area contributed by atoms with E-state index in [1.165, 1.54) is 6.07 Å². The molecule has 0 fully saturated rings. The smallest absolute Gasteiger partial charge is 0.173 e. The molecular formula is C11H17Cl2FN2O. The maximum atomic E-state index is 13.6. The van der Waals surface area contributed by atoms with Crippen molar-refractivity contribution in [2.45, 2.75) is 19.4 Å². The van der Waals surface area contributed by atoms with Crippen LogP contribution in [0.3, 0.4) is 0 Å². The van der Waals surface area contributed by atoms with E-state index in [9.17, 15) is 4.39 Å². The normalized spacial score (nSPS) is 11.8. The second-order valence-electron chi connectivity index (χ2n) is 3.43. The van der Waals surface area contributed by atoms with Crippen LogP contribution < -0.4 is 16.2 Å². The Labute approximate surface area is 112 Å². The van der Waals surface area contributed by atoms with Crippen LogP contribution in [-0.2, 0) is 0 Å². The van der Waals surface area contributed by atoms with Gasteiger partial charge in [0.2, 0.25) is 0 Å². The molecule has 0 aliphatic rings. The minimum atomic E-state index is -0.489. The van der Waals surface area contributed by atoms with Crippen molar-refractivity contribution in [1.82, 2.24) is 0 Å². The van der Waals surface area contributed by atoms with Crippen molar-refractivity contribution in [3.63, 3.8) is 0 Å². The van der Waals surface area contributed by atoms with Crippen LogP contribution in [0.5, 0.6) is 5.75 Å². The Bertz CT molecular complexity index is 340. The molecule has 98 valence electrons.